The fourth-order valence-corrected chi connectivity index (χ4v) is 3.84. The molecule has 0 atom stereocenters. The van der Waals surface area contributed by atoms with Crippen molar-refractivity contribution in [1.82, 2.24) is 20.1 Å². The third kappa shape index (κ3) is 4.05. The lowest BCUT2D eigenvalue weighted by Crippen LogP contribution is -2.27. The predicted molar refractivity (Wildman–Crippen MR) is 117 cm³/mol. The Hall–Kier alpha value is -3.05. The summed E-state index contributed by atoms with van der Waals surface area (Å²) >= 11 is 6.11. The van der Waals surface area contributed by atoms with Crippen LogP contribution in [0.4, 0.5) is 0 Å². The Balaban J connectivity index is 1.40. The highest BCUT2D eigenvalue weighted by atomic mass is 35.5. The monoisotopic (exact) mass is 406 g/mol. The van der Waals surface area contributed by atoms with Gasteiger partial charge in [-0.1, -0.05) is 29.8 Å². The molecule has 2 aromatic heterocycles. The quantitative estimate of drug-likeness (QED) is 0.494. The van der Waals surface area contributed by atoms with Gasteiger partial charge >= 0.3 is 0 Å². The standard InChI is InChI=1S/C23H23ClN4O/c1-15-20(16(2)28(27-15)19-6-4-3-5-7-19)13-23(29)25-11-10-17-14-26-22-9-8-18(24)12-21(17)22/h3-9,12,14,26H,10-11,13H2,1-2H3,(H,25,29). The van der Waals surface area contributed by atoms with Gasteiger partial charge in [-0.3, -0.25) is 4.79 Å². The van der Waals surface area contributed by atoms with E-state index in [0.717, 1.165) is 45.5 Å². The molecule has 4 aromatic rings. The average Bonchev–Trinajstić information content (AvgIpc) is 3.24. The van der Waals surface area contributed by atoms with E-state index in [-0.39, 0.29) is 5.91 Å². The van der Waals surface area contributed by atoms with Crippen LogP contribution in [0.15, 0.2) is 54.7 Å². The fourth-order valence-electron chi connectivity index (χ4n) is 3.67. The second-order valence-corrected chi connectivity index (χ2v) is 7.61. The molecule has 0 fully saturated rings. The predicted octanol–water partition coefficient (Wildman–Crippen LogP) is 4.53. The number of aromatic amines is 1. The first kappa shape index (κ1) is 19.3. The average molecular weight is 407 g/mol. The van der Waals surface area contributed by atoms with E-state index >= 15 is 0 Å². The van der Waals surface area contributed by atoms with Crippen LogP contribution in [0.1, 0.15) is 22.5 Å². The first-order chi connectivity index (χ1) is 14.0. The van der Waals surface area contributed by atoms with Gasteiger partial charge in [0.1, 0.15) is 0 Å². The Morgan fingerprint density at radius 1 is 1.17 bits per heavy atom. The second kappa shape index (κ2) is 8.13. The van der Waals surface area contributed by atoms with Crippen LogP contribution in [0.25, 0.3) is 16.6 Å². The van der Waals surface area contributed by atoms with Gasteiger partial charge in [-0.25, -0.2) is 4.68 Å². The Kier molecular flexibility index (Phi) is 5.41. The molecule has 29 heavy (non-hydrogen) atoms. The number of rotatable bonds is 6. The van der Waals surface area contributed by atoms with Crippen LogP contribution in [0.3, 0.4) is 0 Å². The molecule has 6 heteroatoms. The van der Waals surface area contributed by atoms with Gasteiger partial charge in [0.15, 0.2) is 0 Å². The SMILES string of the molecule is Cc1nn(-c2ccccc2)c(C)c1CC(=O)NCCc1c[nH]c2ccc(Cl)cc12. The number of hydrogen-bond acceptors (Lipinski definition) is 2. The summed E-state index contributed by atoms with van der Waals surface area (Å²) in [6.07, 6.45) is 3.04. The Morgan fingerprint density at radius 2 is 1.97 bits per heavy atom. The molecule has 0 aliphatic heterocycles. The van der Waals surface area contributed by atoms with E-state index in [1.807, 2.05) is 73.3 Å². The van der Waals surface area contributed by atoms with Gasteiger partial charge in [0.25, 0.3) is 0 Å². The summed E-state index contributed by atoms with van der Waals surface area (Å²) in [6.45, 7) is 4.53. The van der Waals surface area contributed by atoms with Crippen molar-refractivity contribution in [3.05, 3.63) is 82.3 Å². The Bertz CT molecular complexity index is 1160. The van der Waals surface area contributed by atoms with Crippen molar-refractivity contribution in [1.29, 1.82) is 0 Å². The number of nitrogens with one attached hydrogen (secondary N) is 2. The maximum atomic E-state index is 12.5. The summed E-state index contributed by atoms with van der Waals surface area (Å²) in [5, 5.41) is 9.46. The number of halogens is 1. The summed E-state index contributed by atoms with van der Waals surface area (Å²) in [7, 11) is 0. The van der Waals surface area contributed by atoms with Gasteiger partial charge in [0, 0.05) is 39.9 Å². The topological polar surface area (TPSA) is 62.7 Å². The van der Waals surface area contributed by atoms with Crippen molar-refractivity contribution in [3.63, 3.8) is 0 Å². The number of aromatic nitrogens is 3. The molecule has 1 amide bonds. The van der Waals surface area contributed by atoms with Crippen LogP contribution in [-0.4, -0.2) is 27.2 Å². The smallest absolute Gasteiger partial charge is 0.224 e. The molecule has 2 N–H and O–H groups in total. The summed E-state index contributed by atoms with van der Waals surface area (Å²) in [4.78, 5) is 15.8. The summed E-state index contributed by atoms with van der Waals surface area (Å²) in [5.74, 6) is 0.00156. The minimum Gasteiger partial charge on any atom is -0.361 e. The zero-order valence-corrected chi connectivity index (χ0v) is 17.3. The van der Waals surface area contributed by atoms with Gasteiger partial charge in [-0.05, 0) is 56.2 Å². The van der Waals surface area contributed by atoms with E-state index in [1.165, 1.54) is 0 Å². The summed E-state index contributed by atoms with van der Waals surface area (Å²) in [5.41, 5.74) is 6.05. The van der Waals surface area contributed by atoms with Crippen molar-refractivity contribution < 1.29 is 4.79 Å². The van der Waals surface area contributed by atoms with Crippen LogP contribution >= 0.6 is 11.6 Å². The highest BCUT2D eigenvalue weighted by molar-refractivity contribution is 6.31. The molecule has 0 saturated heterocycles. The molecule has 0 aliphatic carbocycles. The van der Waals surface area contributed by atoms with Crippen molar-refractivity contribution in [3.8, 4) is 5.69 Å². The van der Waals surface area contributed by atoms with Crippen LogP contribution in [0, 0.1) is 13.8 Å². The molecular formula is C23H23ClN4O. The molecule has 2 aromatic carbocycles. The minimum absolute atomic E-state index is 0.00156. The van der Waals surface area contributed by atoms with Gasteiger partial charge in [-0.2, -0.15) is 5.10 Å². The number of carbonyl (C=O) groups excluding carboxylic acids is 1. The van der Waals surface area contributed by atoms with Crippen molar-refractivity contribution in [2.75, 3.05) is 6.54 Å². The lowest BCUT2D eigenvalue weighted by molar-refractivity contribution is -0.120. The Morgan fingerprint density at radius 3 is 2.76 bits per heavy atom. The lowest BCUT2D eigenvalue weighted by Gasteiger charge is -2.07. The zero-order valence-electron chi connectivity index (χ0n) is 16.5. The normalized spacial score (nSPS) is 11.1. The largest absolute Gasteiger partial charge is 0.361 e. The lowest BCUT2D eigenvalue weighted by atomic mass is 10.1. The molecule has 0 spiro atoms. The van der Waals surface area contributed by atoms with Gasteiger partial charge in [0.2, 0.25) is 5.91 Å². The number of para-hydroxylation sites is 1. The number of carbonyl (C=O) groups is 1. The van der Waals surface area contributed by atoms with Gasteiger partial charge in [-0.15, -0.1) is 0 Å². The molecule has 0 aliphatic rings. The molecule has 0 saturated carbocycles. The van der Waals surface area contributed by atoms with E-state index in [9.17, 15) is 4.79 Å². The van der Waals surface area contributed by atoms with Crippen LogP contribution < -0.4 is 5.32 Å². The number of nitrogens with zero attached hydrogens (tertiary/aromatic N) is 2. The van der Waals surface area contributed by atoms with E-state index in [2.05, 4.69) is 15.4 Å². The zero-order chi connectivity index (χ0) is 20.4. The molecule has 2 heterocycles. The van der Waals surface area contributed by atoms with Crippen LogP contribution in [-0.2, 0) is 17.6 Å². The number of H-pyrrole nitrogens is 1. The van der Waals surface area contributed by atoms with Crippen molar-refractivity contribution >= 4 is 28.4 Å². The summed E-state index contributed by atoms with van der Waals surface area (Å²) < 4.78 is 1.90. The van der Waals surface area contributed by atoms with Crippen LogP contribution in [0.2, 0.25) is 5.02 Å². The maximum Gasteiger partial charge on any atom is 0.224 e. The fraction of sp³-hybridized carbons (Fsp3) is 0.217. The van der Waals surface area contributed by atoms with Gasteiger partial charge in [0.05, 0.1) is 17.8 Å². The molecule has 148 valence electrons. The van der Waals surface area contributed by atoms with E-state index in [4.69, 9.17) is 11.6 Å². The molecule has 0 bridgehead atoms. The number of aryl methyl sites for hydroxylation is 1. The second-order valence-electron chi connectivity index (χ2n) is 7.18. The summed E-state index contributed by atoms with van der Waals surface area (Å²) in [6, 6.07) is 15.8. The molecule has 0 radical (unpaired) electrons. The number of fused-ring (bicyclic) bond motifs is 1. The number of benzene rings is 2. The number of hydrogen-bond donors (Lipinski definition) is 2. The third-order valence-electron chi connectivity index (χ3n) is 5.23. The Labute approximate surface area is 174 Å². The number of amides is 1. The van der Waals surface area contributed by atoms with Crippen molar-refractivity contribution in [2.24, 2.45) is 0 Å². The molecule has 4 rings (SSSR count). The van der Waals surface area contributed by atoms with E-state index < -0.39 is 0 Å². The molecule has 5 nitrogen and oxygen atoms in total. The van der Waals surface area contributed by atoms with Crippen molar-refractivity contribution in [2.45, 2.75) is 26.7 Å². The highest BCUT2D eigenvalue weighted by Gasteiger charge is 2.16. The first-order valence-electron chi connectivity index (χ1n) is 9.65. The van der Waals surface area contributed by atoms with Gasteiger partial charge < -0.3 is 10.3 Å². The highest BCUT2D eigenvalue weighted by Crippen LogP contribution is 2.22. The minimum atomic E-state index is 0.00156. The first-order valence-corrected chi connectivity index (χ1v) is 10.0. The third-order valence-corrected chi connectivity index (χ3v) is 5.46. The molecule has 0 unspecified atom stereocenters. The van der Waals surface area contributed by atoms with E-state index in [1.54, 1.807) is 0 Å². The van der Waals surface area contributed by atoms with Crippen LogP contribution in [0.5, 0.6) is 0 Å². The maximum absolute atomic E-state index is 12.5. The molecular weight excluding hydrogens is 384 g/mol. The van der Waals surface area contributed by atoms with E-state index in [0.29, 0.717) is 18.0 Å².